The lowest BCUT2D eigenvalue weighted by Gasteiger charge is -2.44. The number of rotatable bonds is 4. The maximum Gasteiger partial charge on any atom is 0.0265 e. The highest BCUT2D eigenvalue weighted by Gasteiger charge is 2.38. The van der Waals surface area contributed by atoms with Gasteiger partial charge in [-0.25, -0.2) is 10.0 Å². The fourth-order valence-corrected chi connectivity index (χ4v) is 6.15. The van der Waals surface area contributed by atoms with Crippen molar-refractivity contribution in [3.8, 4) is 0 Å². The van der Waals surface area contributed by atoms with Gasteiger partial charge in [0.25, 0.3) is 0 Å². The number of nitrogens with one attached hydrogen (secondary N) is 1. The van der Waals surface area contributed by atoms with Crippen LogP contribution in [0.5, 0.6) is 0 Å². The van der Waals surface area contributed by atoms with E-state index in [1.54, 1.807) is 17.3 Å². The van der Waals surface area contributed by atoms with Crippen LogP contribution in [0.3, 0.4) is 0 Å². The van der Waals surface area contributed by atoms with E-state index < -0.39 is 0 Å². The highest BCUT2D eigenvalue weighted by Crippen LogP contribution is 2.58. The molecule has 2 rings (SSSR count). The normalized spacial score (nSPS) is 34.0. The van der Waals surface area contributed by atoms with Gasteiger partial charge in [0.05, 0.1) is 0 Å². The van der Waals surface area contributed by atoms with Crippen LogP contribution < -0.4 is 5.32 Å². The minimum Gasteiger partial charge on any atom is -0.306 e. The van der Waals surface area contributed by atoms with E-state index in [0.29, 0.717) is 0 Å². The summed E-state index contributed by atoms with van der Waals surface area (Å²) in [4.78, 5) is 0. The maximum absolute atomic E-state index is 3.77. The highest BCUT2D eigenvalue weighted by molar-refractivity contribution is 8.34. The molecule has 2 heterocycles. The van der Waals surface area contributed by atoms with Crippen LogP contribution >= 0.6 is 10.0 Å². The van der Waals surface area contributed by atoms with Crippen molar-refractivity contribution in [1.29, 1.82) is 0 Å². The smallest absolute Gasteiger partial charge is 0.0265 e. The van der Waals surface area contributed by atoms with Crippen molar-refractivity contribution in [3.05, 3.63) is 0 Å². The number of hydrogen-bond donors (Lipinski definition) is 1. The van der Waals surface area contributed by atoms with Crippen molar-refractivity contribution in [2.75, 3.05) is 23.1 Å². The van der Waals surface area contributed by atoms with Crippen LogP contribution in [-0.2, 0) is 0 Å². The van der Waals surface area contributed by atoms with Gasteiger partial charge in [0.1, 0.15) is 0 Å². The molecule has 2 heteroatoms. The summed E-state index contributed by atoms with van der Waals surface area (Å²) in [6, 6.07) is 0.888. The van der Waals surface area contributed by atoms with Gasteiger partial charge in [0, 0.05) is 11.9 Å². The monoisotopic (exact) mass is 215 g/mol. The van der Waals surface area contributed by atoms with Crippen molar-refractivity contribution in [2.45, 2.75) is 45.6 Å². The minimum absolute atomic E-state index is 0.0760. The zero-order valence-corrected chi connectivity index (χ0v) is 10.5. The summed E-state index contributed by atoms with van der Waals surface area (Å²) in [6.45, 7) is 4.70. The largest absolute Gasteiger partial charge is 0.306 e. The second kappa shape index (κ2) is 4.44. The van der Waals surface area contributed by atoms with Crippen LogP contribution in [0.4, 0.5) is 0 Å². The van der Waals surface area contributed by atoms with E-state index in [9.17, 15) is 0 Å². The predicted octanol–water partition coefficient (Wildman–Crippen LogP) is 2.95. The van der Waals surface area contributed by atoms with E-state index in [1.165, 1.54) is 31.6 Å². The molecule has 84 valence electrons. The second-order valence-electron chi connectivity index (χ2n) is 5.29. The van der Waals surface area contributed by atoms with Crippen LogP contribution in [0, 0.1) is 5.92 Å². The summed E-state index contributed by atoms with van der Waals surface area (Å²) in [5, 5.41) is 3.77. The van der Waals surface area contributed by atoms with Crippen LogP contribution in [0.25, 0.3) is 0 Å². The zero-order valence-electron chi connectivity index (χ0n) is 9.72. The van der Waals surface area contributed by atoms with E-state index >= 15 is 0 Å². The van der Waals surface area contributed by atoms with E-state index in [0.717, 1.165) is 12.0 Å². The molecule has 1 nitrogen and oxygen atoms in total. The Morgan fingerprint density at radius 1 is 1.43 bits per heavy atom. The van der Waals surface area contributed by atoms with Crippen LogP contribution in [0.15, 0.2) is 0 Å². The molecule has 1 spiro atoms. The van der Waals surface area contributed by atoms with E-state index in [1.807, 2.05) is 0 Å². The Kier molecular flexibility index (Phi) is 3.43. The first-order chi connectivity index (χ1) is 6.74. The topological polar surface area (TPSA) is 12.0 Å². The van der Waals surface area contributed by atoms with Crippen LogP contribution in [0.2, 0.25) is 0 Å². The average Bonchev–Trinajstić information content (AvgIpc) is 2.58. The Balaban J connectivity index is 1.68. The van der Waals surface area contributed by atoms with Crippen LogP contribution in [-0.4, -0.2) is 29.2 Å². The van der Waals surface area contributed by atoms with Crippen LogP contribution in [0.1, 0.15) is 39.5 Å². The van der Waals surface area contributed by atoms with Crippen molar-refractivity contribution in [1.82, 2.24) is 5.32 Å². The van der Waals surface area contributed by atoms with E-state index in [4.69, 9.17) is 0 Å². The summed E-state index contributed by atoms with van der Waals surface area (Å²) < 4.78 is 0. The molecular weight excluding hydrogens is 190 g/mol. The molecule has 2 saturated heterocycles. The lowest BCUT2D eigenvalue weighted by Crippen LogP contribution is -2.24. The van der Waals surface area contributed by atoms with Crippen molar-refractivity contribution < 1.29 is 0 Å². The first-order valence-corrected chi connectivity index (χ1v) is 8.52. The molecular formula is C12H25NS. The molecule has 0 bridgehead atoms. The van der Waals surface area contributed by atoms with Gasteiger partial charge in [-0.15, -0.1) is 0 Å². The standard InChI is InChI=1S/C12H25NS/c1-3-11(2)5-6-12-9-14(10-13-12)7-4-8-14/h11-13H,3-10H2,1-2H3. The lowest BCUT2D eigenvalue weighted by atomic mass is 10.0. The fourth-order valence-electron chi connectivity index (χ4n) is 2.58. The quantitative estimate of drug-likeness (QED) is 0.760. The fraction of sp³-hybridized carbons (Fsp3) is 1.00. The Morgan fingerprint density at radius 3 is 2.71 bits per heavy atom. The Bertz CT molecular complexity index is 189. The molecule has 0 aromatic carbocycles. The van der Waals surface area contributed by atoms with Gasteiger partial charge in [-0.2, -0.15) is 0 Å². The summed E-state index contributed by atoms with van der Waals surface area (Å²) in [6.07, 6.45) is 5.74. The van der Waals surface area contributed by atoms with E-state index in [2.05, 4.69) is 19.2 Å². The minimum atomic E-state index is -0.0760. The molecule has 0 amide bonds. The van der Waals surface area contributed by atoms with Gasteiger partial charge in [-0.05, 0) is 42.4 Å². The molecule has 14 heavy (non-hydrogen) atoms. The Morgan fingerprint density at radius 2 is 2.21 bits per heavy atom. The third-order valence-corrected chi connectivity index (χ3v) is 8.29. The maximum atomic E-state index is 3.77. The summed E-state index contributed by atoms with van der Waals surface area (Å²) in [5.41, 5.74) is 0. The van der Waals surface area contributed by atoms with Gasteiger partial charge in [-0.1, -0.05) is 20.3 Å². The molecule has 2 aliphatic rings. The molecule has 2 unspecified atom stereocenters. The van der Waals surface area contributed by atoms with E-state index in [-0.39, 0.29) is 10.0 Å². The lowest BCUT2D eigenvalue weighted by molar-refractivity contribution is 0.450. The van der Waals surface area contributed by atoms with Gasteiger partial charge in [0.15, 0.2) is 0 Å². The average molecular weight is 215 g/mol. The van der Waals surface area contributed by atoms with Gasteiger partial charge >= 0.3 is 0 Å². The highest BCUT2D eigenvalue weighted by atomic mass is 32.3. The summed E-state index contributed by atoms with van der Waals surface area (Å²) in [5.74, 6) is 7.06. The molecule has 2 fully saturated rings. The van der Waals surface area contributed by atoms with Gasteiger partial charge in [-0.3, -0.25) is 0 Å². The van der Waals surface area contributed by atoms with Crippen molar-refractivity contribution in [3.63, 3.8) is 0 Å². The van der Waals surface area contributed by atoms with Gasteiger partial charge < -0.3 is 5.32 Å². The second-order valence-corrected chi connectivity index (χ2v) is 9.18. The molecule has 2 aliphatic heterocycles. The summed E-state index contributed by atoms with van der Waals surface area (Å²) in [7, 11) is -0.0760. The van der Waals surface area contributed by atoms with Gasteiger partial charge in [0.2, 0.25) is 0 Å². The summed E-state index contributed by atoms with van der Waals surface area (Å²) >= 11 is 0. The Labute approximate surface area is 90.4 Å². The first kappa shape index (κ1) is 10.8. The molecule has 2 atom stereocenters. The molecule has 0 aromatic rings. The molecule has 0 radical (unpaired) electrons. The van der Waals surface area contributed by atoms with Crippen molar-refractivity contribution >= 4 is 10.0 Å². The zero-order chi connectivity index (χ0) is 10.0. The third kappa shape index (κ3) is 2.27. The Hall–Kier alpha value is 0.310. The van der Waals surface area contributed by atoms with Crippen molar-refractivity contribution in [2.24, 2.45) is 5.92 Å². The first-order valence-electron chi connectivity index (χ1n) is 6.21. The molecule has 0 saturated carbocycles. The molecule has 1 N–H and O–H groups in total. The molecule has 0 aromatic heterocycles. The molecule has 0 aliphatic carbocycles. The third-order valence-electron chi connectivity index (χ3n) is 4.09. The number of hydrogen-bond acceptors (Lipinski definition) is 1. The predicted molar refractivity (Wildman–Crippen MR) is 67.3 cm³/mol. The SMILES string of the molecule is CCC(C)CCC1CS2(CCC2)CN1.